The van der Waals surface area contributed by atoms with Crippen molar-refractivity contribution in [2.45, 2.75) is 6.92 Å². The molecule has 1 aliphatic heterocycles. The summed E-state index contributed by atoms with van der Waals surface area (Å²) in [6.07, 6.45) is 0. The van der Waals surface area contributed by atoms with Crippen molar-refractivity contribution in [3.05, 3.63) is 0 Å². The molecule has 0 unspecified atom stereocenters. The van der Waals surface area contributed by atoms with E-state index in [1.807, 2.05) is 7.05 Å². The van der Waals surface area contributed by atoms with Gasteiger partial charge in [-0.2, -0.15) is 0 Å². The van der Waals surface area contributed by atoms with Crippen LogP contribution in [-0.2, 0) is 14.5 Å². The largest absolute Gasteiger partial charge is 0.399 e. The standard InChI is InChI=1S/C11H20N4O3/c1-9(12-17-3)10(13-18-4)11(16)15-7-5-14(2)6-8-15/h5-8H2,1-4H3. The van der Waals surface area contributed by atoms with E-state index >= 15 is 0 Å². The topological polar surface area (TPSA) is 66.7 Å². The molecule has 1 rings (SSSR count). The number of hydrogen-bond donors (Lipinski definition) is 0. The van der Waals surface area contributed by atoms with Gasteiger partial charge in [0.1, 0.15) is 19.9 Å². The van der Waals surface area contributed by atoms with E-state index in [1.54, 1.807) is 11.8 Å². The van der Waals surface area contributed by atoms with Crippen LogP contribution in [-0.4, -0.2) is 74.6 Å². The van der Waals surface area contributed by atoms with Crippen molar-refractivity contribution in [3.8, 4) is 0 Å². The molecule has 1 fully saturated rings. The first-order valence-electron chi connectivity index (χ1n) is 5.77. The fourth-order valence-corrected chi connectivity index (χ4v) is 1.69. The molecule has 1 aliphatic rings. The second-order valence-corrected chi connectivity index (χ2v) is 4.08. The number of oxime groups is 2. The van der Waals surface area contributed by atoms with E-state index in [9.17, 15) is 4.79 Å². The first kappa shape index (κ1) is 14.4. The number of likely N-dealkylation sites (N-methyl/N-ethyl adjacent to an activating group) is 1. The first-order valence-corrected chi connectivity index (χ1v) is 5.77. The number of rotatable bonds is 4. The average molecular weight is 256 g/mol. The van der Waals surface area contributed by atoms with E-state index in [4.69, 9.17) is 4.84 Å². The Hall–Kier alpha value is -1.63. The Balaban J connectivity index is 2.78. The minimum absolute atomic E-state index is 0.178. The van der Waals surface area contributed by atoms with Crippen LogP contribution in [0.25, 0.3) is 0 Å². The van der Waals surface area contributed by atoms with E-state index in [1.165, 1.54) is 14.2 Å². The molecular weight excluding hydrogens is 236 g/mol. The molecule has 7 nitrogen and oxygen atoms in total. The predicted octanol–water partition coefficient (Wildman–Crippen LogP) is -0.215. The summed E-state index contributed by atoms with van der Waals surface area (Å²) in [5, 5.41) is 7.46. The van der Waals surface area contributed by atoms with E-state index in [-0.39, 0.29) is 11.6 Å². The Bertz CT molecular complexity index is 346. The molecule has 0 aromatic heterocycles. The van der Waals surface area contributed by atoms with Gasteiger partial charge < -0.3 is 19.5 Å². The van der Waals surface area contributed by atoms with Crippen LogP contribution in [0, 0.1) is 0 Å². The third kappa shape index (κ3) is 3.69. The van der Waals surface area contributed by atoms with Crippen LogP contribution < -0.4 is 0 Å². The van der Waals surface area contributed by atoms with Gasteiger partial charge in [0.25, 0.3) is 5.91 Å². The molecule has 0 N–H and O–H groups in total. The lowest BCUT2D eigenvalue weighted by Crippen LogP contribution is -2.50. The van der Waals surface area contributed by atoms with Gasteiger partial charge >= 0.3 is 0 Å². The molecule has 18 heavy (non-hydrogen) atoms. The molecule has 102 valence electrons. The summed E-state index contributed by atoms with van der Waals surface area (Å²) >= 11 is 0. The Morgan fingerprint density at radius 3 is 2.11 bits per heavy atom. The molecule has 1 heterocycles. The summed E-state index contributed by atoms with van der Waals surface area (Å²) in [6.45, 7) is 4.73. The zero-order valence-electron chi connectivity index (χ0n) is 11.3. The number of amides is 1. The molecule has 1 saturated heterocycles. The van der Waals surface area contributed by atoms with Crippen LogP contribution in [0.1, 0.15) is 6.92 Å². The normalized spacial score (nSPS) is 18.8. The smallest absolute Gasteiger partial charge is 0.278 e. The van der Waals surface area contributed by atoms with Crippen LogP contribution in [0.4, 0.5) is 0 Å². The minimum Gasteiger partial charge on any atom is -0.399 e. The lowest BCUT2D eigenvalue weighted by atomic mass is 10.2. The average Bonchev–Trinajstić information content (AvgIpc) is 2.36. The van der Waals surface area contributed by atoms with Gasteiger partial charge in [-0.1, -0.05) is 10.3 Å². The van der Waals surface area contributed by atoms with Crippen LogP contribution >= 0.6 is 0 Å². The molecule has 1 amide bonds. The fraction of sp³-hybridized carbons (Fsp3) is 0.727. The van der Waals surface area contributed by atoms with Gasteiger partial charge in [0.2, 0.25) is 0 Å². The van der Waals surface area contributed by atoms with E-state index in [0.717, 1.165) is 13.1 Å². The zero-order chi connectivity index (χ0) is 13.5. The van der Waals surface area contributed by atoms with Gasteiger partial charge in [-0.25, -0.2) is 0 Å². The van der Waals surface area contributed by atoms with Gasteiger partial charge in [0.05, 0.1) is 0 Å². The Morgan fingerprint density at radius 1 is 1.06 bits per heavy atom. The lowest BCUT2D eigenvalue weighted by Gasteiger charge is -2.32. The third-order valence-corrected chi connectivity index (χ3v) is 2.75. The van der Waals surface area contributed by atoms with Crippen molar-refractivity contribution in [1.82, 2.24) is 9.80 Å². The van der Waals surface area contributed by atoms with E-state index in [2.05, 4.69) is 20.0 Å². The summed E-state index contributed by atoms with van der Waals surface area (Å²) in [6, 6.07) is 0. The highest BCUT2D eigenvalue weighted by molar-refractivity contribution is 6.66. The van der Waals surface area contributed by atoms with E-state index < -0.39 is 0 Å². The van der Waals surface area contributed by atoms with Crippen molar-refractivity contribution in [1.29, 1.82) is 0 Å². The highest BCUT2D eigenvalue weighted by Gasteiger charge is 2.25. The van der Waals surface area contributed by atoms with Gasteiger partial charge in [-0.05, 0) is 14.0 Å². The molecule has 0 aromatic carbocycles. The fourth-order valence-electron chi connectivity index (χ4n) is 1.69. The lowest BCUT2D eigenvalue weighted by molar-refractivity contribution is -0.125. The van der Waals surface area contributed by atoms with E-state index in [0.29, 0.717) is 18.8 Å². The molecule has 0 aliphatic carbocycles. The Morgan fingerprint density at radius 2 is 1.61 bits per heavy atom. The van der Waals surface area contributed by atoms with Gasteiger partial charge in [-0.3, -0.25) is 4.79 Å². The highest BCUT2D eigenvalue weighted by Crippen LogP contribution is 2.02. The summed E-state index contributed by atoms with van der Waals surface area (Å²) in [7, 11) is 4.86. The van der Waals surface area contributed by atoms with Crippen molar-refractivity contribution < 1.29 is 14.5 Å². The second-order valence-electron chi connectivity index (χ2n) is 4.08. The van der Waals surface area contributed by atoms with Crippen molar-refractivity contribution in [3.63, 3.8) is 0 Å². The molecule has 0 radical (unpaired) electrons. The SMILES string of the molecule is CON=C(C)C(=NOC)C(=O)N1CCN(C)CC1. The second kappa shape index (κ2) is 6.95. The number of carbonyl (C=O) groups is 1. The third-order valence-electron chi connectivity index (χ3n) is 2.75. The molecular formula is C11H20N4O3. The van der Waals surface area contributed by atoms with Gasteiger partial charge in [-0.15, -0.1) is 0 Å². The van der Waals surface area contributed by atoms with Gasteiger partial charge in [0.15, 0.2) is 5.71 Å². The number of hydrogen-bond acceptors (Lipinski definition) is 6. The maximum atomic E-state index is 12.3. The van der Waals surface area contributed by atoms with Crippen LogP contribution in [0.2, 0.25) is 0 Å². The van der Waals surface area contributed by atoms with Crippen molar-refractivity contribution >= 4 is 17.3 Å². The molecule has 0 spiro atoms. The van der Waals surface area contributed by atoms with Crippen LogP contribution in [0.3, 0.4) is 0 Å². The molecule has 0 atom stereocenters. The monoisotopic (exact) mass is 256 g/mol. The summed E-state index contributed by atoms with van der Waals surface area (Å²) < 4.78 is 0. The number of nitrogens with zero attached hydrogens (tertiary/aromatic N) is 4. The summed E-state index contributed by atoms with van der Waals surface area (Å²) in [5.74, 6) is -0.178. The van der Waals surface area contributed by atoms with Crippen molar-refractivity contribution in [2.24, 2.45) is 10.3 Å². The Kier molecular flexibility index (Phi) is 5.57. The number of carbonyl (C=O) groups excluding carboxylic acids is 1. The van der Waals surface area contributed by atoms with Gasteiger partial charge in [0, 0.05) is 26.2 Å². The van der Waals surface area contributed by atoms with Crippen LogP contribution in [0.5, 0.6) is 0 Å². The first-order chi connectivity index (χ1) is 8.60. The quantitative estimate of drug-likeness (QED) is 0.515. The summed E-state index contributed by atoms with van der Waals surface area (Å²) in [5.41, 5.74) is 0.590. The Labute approximate surface area is 107 Å². The zero-order valence-corrected chi connectivity index (χ0v) is 11.3. The van der Waals surface area contributed by atoms with Crippen LogP contribution in [0.15, 0.2) is 10.3 Å². The molecule has 0 saturated carbocycles. The van der Waals surface area contributed by atoms with Crippen molar-refractivity contribution in [2.75, 3.05) is 47.4 Å². The molecule has 0 bridgehead atoms. The minimum atomic E-state index is -0.178. The molecule has 7 heteroatoms. The maximum absolute atomic E-state index is 12.3. The highest BCUT2D eigenvalue weighted by atomic mass is 16.6. The summed E-state index contributed by atoms with van der Waals surface area (Å²) in [4.78, 5) is 25.5. The molecule has 0 aromatic rings. The maximum Gasteiger partial charge on any atom is 0.278 e. The predicted molar refractivity (Wildman–Crippen MR) is 68.6 cm³/mol. The number of piperazine rings is 1.